The summed E-state index contributed by atoms with van der Waals surface area (Å²) in [6.07, 6.45) is -8.51. The van der Waals surface area contributed by atoms with Crippen LogP contribution < -0.4 is 10.6 Å². The maximum absolute atomic E-state index is 13.8. The third kappa shape index (κ3) is 6.79. The lowest BCUT2D eigenvalue weighted by molar-refractivity contribution is -0.206. The number of rotatable bonds is 7. The molecule has 1 amide bonds. The van der Waals surface area contributed by atoms with E-state index in [9.17, 15) is 36.2 Å². The summed E-state index contributed by atoms with van der Waals surface area (Å²) >= 11 is 0.714. The number of hydrogen-bond acceptors (Lipinski definition) is 6. The van der Waals surface area contributed by atoms with E-state index < -0.39 is 41.4 Å². The molecule has 0 radical (unpaired) electrons. The lowest BCUT2D eigenvalue weighted by Crippen LogP contribution is -2.38. The number of amides is 1. The molecule has 2 rings (SSSR count). The molecule has 2 aromatic rings. The predicted octanol–water partition coefficient (Wildman–Crippen LogP) is 5.03. The molecule has 33 heavy (non-hydrogen) atoms. The van der Waals surface area contributed by atoms with Crippen molar-refractivity contribution < 1.29 is 36.2 Å². The number of halogens is 6. The fourth-order valence-electron chi connectivity index (χ4n) is 2.49. The van der Waals surface area contributed by atoms with Gasteiger partial charge in [-0.05, 0) is 40.7 Å². The van der Waals surface area contributed by atoms with Crippen LogP contribution in [0.1, 0.15) is 48.8 Å². The van der Waals surface area contributed by atoms with Gasteiger partial charge >= 0.3 is 12.4 Å². The summed E-state index contributed by atoms with van der Waals surface area (Å²) in [5.74, 6) is -1.03. The molecule has 184 valence electrons. The smallest absolute Gasteiger partial charge is 0.389 e. The second-order valence-electron chi connectivity index (χ2n) is 8.78. The molecule has 0 unspecified atom stereocenters. The molecule has 2 aromatic heterocycles. The Kier molecular flexibility index (Phi) is 7.39. The van der Waals surface area contributed by atoms with E-state index in [2.05, 4.69) is 20.6 Å². The number of aryl methyl sites for hydroxylation is 1. The fraction of sp³-hybridized carbons (Fsp3) is 0.550. The zero-order valence-electron chi connectivity index (χ0n) is 18.5. The second-order valence-corrected chi connectivity index (χ2v) is 9.78. The number of carbonyl (C=O) groups is 1. The van der Waals surface area contributed by atoms with Crippen LogP contribution in [0.15, 0.2) is 12.3 Å². The Labute approximate surface area is 190 Å². The molecule has 0 bridgehead atoms. The van der Waals surface area contributed by atoms with Crippen LogP contribution in [0.5, 0.6) is 0 Å². The van der Waals surface area contributed by atoms with Crippen molar-refractivity contribution in [3.63, 3.8) is 0 Å². The number of thiazole rings is 1. The zero-order chi connectivity index (χ0) is 25.4. The molecule has 0 aliphatic heterocycles. The Hall–Kier alpha value is -2.41. The number of aliphatic hydroxyl groups is 1. The quantitative estimate of drug-likeness (QED) is 0.466. The second kappa shape index (κ2) is 9.09. The third-order valence-electron chi connectivity index (χ3n) is 4.61. The zero-order valence-corrected chi connectivity index (χ0v) is 19.3. The highest BCUT2D eigenvalue weighted by Gasteiger charge is 2.47. The molecular weight excluding hydrogens is 474 g/mol. The van der Waals surface area contributed by atoms with Gasteiger partial charge in [-0.1, -0.05) is 0 Å². The number of carbonyl (C=O) groups excluding carboxylic acids is 1. The van der Waals surface area contributed by atoms with E-state index in [-0.39, 0.29) is 33.5 Å². The molecule has 0 aromatic carbocycles. The van der Waals surface area contributed by atoms with Gasteiger partial charge in [0.1, 0.15) is 5.82 Å². The van der Waals surface area contributed by atoms with Gasteiger partial charge in [0, 0.05) is 24.8 Å². The Morgan fingerprint density at radius 2 is 1.70 bits per heavy atom. The van der Waals surface area contributed by atoms with E-state index in [0.717, 1.165) is 20.0 Å². The van der Waals surface area contributed by atoms with Crippen LogP contribution in [0.4, 0.5) is 32.2 Å². The van der Waals surface area contributed by atoms with Crippen LogP contribution in [-0.4, -0.2) is 45.8 Å². The summed E-state index contributed by atoms with van der Waals surface area (Å²) < 4.78 is 80.4. The Morgan fingerprint density at radius 3 is 2.21 bits per heavy atom. The van der Waals surface area contributed by atoms with Crippen LogP contribution in [-0.2, 0) is 6.18 Å². The minimum atomic E-state index is -4.84. The van der Waals surface area contributed by atoms with Crippen LogP contribution in [0.3, 0.4) is 0 Å². The van der Waals surface area contributed by atoms with Gasteiger partial charge in [0.2, 0.25) is 0 Å². The lowest BCUT2D eigenvalue weighted by Gasteiger charge is -2.28. The van der Waals surface area contributed by atoms with E-state index in [1.165, 1.54) is 20.8 Å². The number of nitrogens with one attached hydrogen (secondary N) is 2. The van der Waals surface area contributed by atoms with Crippen molar-refractivity contribution in [1.82, 2.24) is 15.3 Å². The van der Waals surface area contributed by atoms with Crippen LogP contribution >= 0.6 is 11.3 Å². The maximum atomic E-state index is 13.8. The molecule has 0 saturated heterocycles. The molecule has 0 saturated carbocycles. The van der Waals surface area contributed by atoms with E-state index in [0.29, 0.717) is 17.4 Å². The van der Waals surface area contributed by atoms with Gasteiger partial charge in [-0.3, -0.25) is 4.79 Å². The number of alkyl halides is 6. The SMILES string of the molecule is Cc1nc(C(=O)NCC(C)(C)O)sc1-c1cnc(NCC(C)(C)C(F)(F)F)cc1C(F)(F)F. The number of nitrogens with zero attached hydrogens (tertiary/aromatic N) is 2. The van der Waals surface area contributed by atoms with Gasteiger partial charge in [0.15, 0.2) is 5.01 Å². The molecule has 3 N–H and O–H groups in total. The van der Waals surface area contributed by atoms with Crippen molar-refractivity contribution >= 4 is 23.1 Å². The van der Waals surface area contributed by atoms with Gasteiger partial charge in [0.05, 0.1) is 27.2 Å². The summed E-state index contributed by atoms with van der Waals surface area (Å²) in [5, 5.41) is 14.4. The van der Waals surface area contributed by atoms with Crippen molar-refractivity contribution in [3.8, 4) is 10.4 Å². The number of anilines is 1. The average Bonchev–Trinajstić information content (AvgIpc) is 3.03. The molecular formula is C20H24F6N4O2S. The monoisotopic (exact) mass is 498 g/mol. The highest BCUT2D eigenvalue weighted by Crippen LogP contribution is 2.42. The maximum Gasteiger partial charge on any atom is 0.417 e. The Balaban J connectivity index is 2.38. The largest absolute Gasteiger partial charge is 0.417 e. The Morgan fingerprint density at radius 1 is 1.09 bits per heavy atom. The van der Waals surface area contributed by atoms with Gasteiger partial charge < -0.3 is 15.7 Å². The first-order valence-electron chi connectivity index (χ1n) is 9.68. The summed E-state index contributed by atoms with van der Waals surface area (Å²) in [6, 6.07) is 0.634. The molecule has 2 heterocycles. The minimum Gasteiger partial charge on any atom is -0.389 e. The number of hydrogen-bond donors (Lipinski definition) is 3. The van der Waals surface area contributed by atoms with Crippen LogP contribution in [0, 0.1) is 12.3 Å². The minimum absolute atomic E-state index is 0.0467. The first-order chi connectivity index (χ1) is 14.8. The highest BCUT2D eigenvalue weighted by molar-refractivity contribution is 7.17. The fourth-order valence-corrected chi connectivity index (χ4v) is 3.50. The van der Waals surface area contributed by atoms with Crippen LogP contribution in [0.2, 0.25) is 0 Å². The normalized spacial score (nSPS) is 13.2. The van der Waals surface area contributed by atoms with E-state index in [1.54, 1.807) is 0 Å². The first-order valence-corrected chi connectivity index (χ1v) is 10.5. The number of pyridine rings is 1. The average molecular weight is 498 g/mol. The van der Waals surface area contributed by atoms with E-state index in [1.807, 2.05) is 0 Å². The first kappa shape index (κ1) is 26.8. The van der Waals surface area contributed by atoms with Gasteiger partial charge in [-0.25, -0.2) is 9.97 Å². The van der Waals surface area contributed by atoms with Crippen molar-refractivity contribution in [1.29, 1.82) is 0 Å². The van der Waals surface area contributed by atoms with Crippen molar-refractivity contribution in [2.45, 2.75) is 52.6 Å². The third-order valence-corrected chi connectivity index (χ3v) is 5.79. The molecule has 0 aliphatic carbocycles. The van der Waals surface area contributed by atoms with Crippen molar-refractivity contribution in [3.05, 3.63) is 28.5 Å². The molecule has 0 fully saturated rings. The molecule has 0 atom stereocenters. The van der Waals surface area contributed by atoms with Crippen LogP contribution in [0.25, 0.3) is 10.4 Å². The van der Waals surface area contributed by atoms with Crippen molar-refractivity contribution in [2.24, 2.45) is 5.41 Å². The van der Waals surface area contributed by atoms with E-state index >= 15 is 0 Å². The molecule has 6 nitrogen and oxygen atoms in total. The molecule has 13 heteroatoms. The summed E-state index contributed by atoms with van der Waals surface area (Å²) in [5.41, 5.74) is -4.70. The summed E-state index contributed by atoms with van der Waals surface area (Å²) in [7, 11) is 0. The lowest BCUT2D eigenvalue weighted by atomic mass is 9.93. The van der Waals surface area contributed by atoms with Gasteiger partial charge in [-0.15, -0.1) is 11.3 Å². The van der Waals surface area contributed by atoms with E-state index in [4.69, 9.17) is 0 Å². The van der Waals surface area contributed by atoms with Crippen molar-refractivity contribution in [2.75, 3.05) is 18.4 Å². The number of aromatic nitrogens is 2. The predicted molar refractivity (Wildman–Crippen MR) is 112 cm³/mol. The van der Waals surface area contributed by atoms with Gasteiger partial charge in [0.25, 0.3) is 5.91 Å². The summed E-state index contributed by atoms with van der Waals surface area (Å²) in [4.78, 5) is 20.2. The standard InChI is InChI=1S/C20H24F6N4O2S/c1-10-14(33-16(30-10)15(31)29-9-18(4,5)32)11-7-27-13(6-12(11)19(21,22)23)28-8-17(2,3)20(24,25)26/h6-7,32H,8-9H2,1-5H3,(H,27,28)(H,29,31). The highest BCUT2D eigenvalue weighted by atomic mass is 32.1. The summed E-state index contributed by atoms with van der Waals surface area (Å²) in [6.45, 7) is 5.44. The Bertz CT molecular complexity index is 1010. The molecule has 0 aliphatic rings. The topological polar surface area (TPSA) is 87.1 Å². The molecule has 0 spiro atoms. The van der Waals surface area contributed by atoms with Gasteiger partial charge in [-0.2, -0.15) is 26.3 Å².